The van der Waals surface area contributed by atoms with Crippen LogP contribution in [0, 0.1) is 0 Å². The highest BCUT2D eigenvalue weighted by atomic mass is 16.3. The number of nitrogens with one attached hydrogen (secondary N) is 1. The van der Waals surface area contributed by atoms with Crippen molar-refractivity contribution >= 4 is 34.2 Å². The second-order valence-electron chi connectivity index (χ2n) is 11.7. The van der Waals surface area contributed by atoms with E-state index < -0.39 is 18.1 Å². The summed E-state index contributed by atoms with van der Waals surface area (Å²) in [6.07, 6.45) is 3.85. The third-order valence-corrected chi connectivity index (χ3v) is 8.53. The Balaban J connectivity index is 1.33. The summed E-state index contributed by atoms with van der Waals surface area (Å²) in [4.78, 5) is 51.4. The van der Waals surface area contributed by atoms with Crippen LogP contribution in [0.5, 0.6) is 0 Å². The molecular weight excluding hydrogens is 600 g/mol. The number of hydrogen-bond donors (Lipinski definition) is 3. The molecule has 1 aliphatic heterocycles. The van der Waals surface area contributed by atoms with Crippen LogP contribution >= 0.6 is 0 Å². The number of aliphatic hydroxyl groups is 1. The lowest BCUT2D eigenvalue weighted by Crippen LogP contribution is -2.52. The van der Waals surface area contributed by atoms with E-state index in [2.05, 4.69) is 20.5 Å². The van der Waals surface area contributed by atoms with Crippen LogP contribution in [0.4, 0.5) is 5.82 Å². The molecule has 0 aliphatic carbocycles. The molecule has 2 amide bonds. The van der Waals surface area contributed by atoms with Crippen molar-refractivity contribution in [2.75, 3.05) is 18.8 Å². The summed E-state index contributed by atoms with van der Waals surface area (Å²) in [6, 6.07) is 15.5. The molecule has 7 rings (SSSR count). The van der Waals surface area contributed by atoms with E-state index in [0.717, 1.165) is 11.3 Å². The molecule has 0 bridgehead atoms. The molecule has 238 valence electrons. The molecule has 14 nitrogen and oxygen atoms in total. The summed E-state index contributed by atoms with van der Waals surface area (Å²) >= 11 is 0. The van der Waals surface area contributed by atoms with Crippen molar-refractivity contribution < 1.29 is 14.7 Å². The molecule has 6 aromatic rings. The van der Waals surface area contributed by atoms with Gasteiger partial charge in [0.1, 0.15) is 17.5 Å². The van der Waals surface area contributed by atoms with Gasteiger partial charge in [-0.05, 0) is 38.1 Å². The zero-order valence-corrected chi connectivity index (χ0v) is 25.9. The van der Waals surface area contributed by atoms with Crippen LogP contribution < -0.4 is 16.6 Å². The molecule has 0 spiro atoms. The number of aliphatic hydroxyl groups excluding tert-OH is 1. The minimum Gasteiger partial charge on any atom is -0.384 e. The molecule has 14 heteroatoms. The summed E-state index contributed by atoms with van der Waals surface area (Å²) in [5, 5.41) is 21.8. The number of rotatable bonds is 7. The predicted octanol–water partition coefficient (Wildman–Crippen LogP) is 2.21. The largest absolute Gasteiger partial charge is 0.384 e. The molecule has 2 aromatic carbocycles. The van der Waals surface area contributed by atoms with Gasteiger partial charge in [0.05, 0.1) is 34.5 Å². The smallest absolute Gasteiger partial charge is 0.266 e. The van der Waals surface area contributed by atoms with Crippen LogP contribution in [0.1, 0.15) is 47.7 Å². The number of nitrogen functional groups attached to an aromatic ring is 1. The average molecular weight is 633 g/mol. The van der Waals surface area contributed by atoms with E-state index in [9.17, 15) is 19.5 Å². The van der Waals surface area contributed by atoms with Crippen LogP contribution in [-0.4, -0.2) is 74.9 Å². The number of nitrogens with two attached hydrogens (primary N) is 1. The Bertz CT molecular complexity index is 2230. The normalized spacial score (nSPS) is 14.7. The number of anilines is 1. The Labute approximate surface area is 268 Å². The van der Waals surface area contributed by atoms with E-state index >= 15 is 0 Å². The molecule has 2 atom stereocenters. The fraction of sp³-hybridized carbons (Fsp3) is 0.242. The zero-order chi connectivity index (χ0) is 33.0. The Kier molecular flexibility index (Phi) is 7.28. The third-order valence-electron chi connectivity index (χ3n) is 8.53. The van der Waals surface area contributed by atoms with E-state index in [1.54, 1.807) is 59.4 Å². The van der Waals surface area contributed by atoms with Gasteiger partial charge in [0.15, 0.2) is 11.5 Å². The van der Waals surface area contributed by atoms with Gasteiger partial charge in [-0.1, -0.05) is 30.3 Å². The molecule has 5 heterocycles. The Hall–Kier alpha value is -5.89. The van der Waals surface area contributed by atoms with E-state index in [-0.39, 0.29) is 28.8 Å². The first-order valence-electron chi connectivity index (χ1n) is 15.1. The summed E-state index contributed by atoms with van der Waals surface area (Å²) in [7, 11) is 1.83. The quantitative estimate of drug-likeness (QED) is 0.238. The maximum Gasteiger partial charge on any atom is 0.266 e. The molecule has 4 N–H and O–H groups in total. The Morgan fingerprint density at radius 2 is 1.81 bits per heavy atom. The minimum atomic E-state index is -1.07. The van der Waals surface area contributed by atoms with Crippen LogP contribution in [0.2, 0.25) is 0 Å². The highest BCUT2D eigenvalue weighted by Crippen LogP contribution is 2.37. The Morgan fingerprint density at radius 1 is 1.04 bits per heavy atom. The SMILES string of the molecule is CC(O)C(=O)N1CC(c2c(-c3cccc4nc(C(C)NC(=O)c5c(N)nn6cccnc56)n(-c5ccccc5)c(=O)c34)cnn2C)C1. The molecule has 2 unspecified atom stereocenters. The van der Waals surface area contributed by atoms with Crippen LogP contribution in [0.25, 0.3) is 33.4 Å². The van der Waals surface area contributed by atoms with E-state index in [1.165, 1.54) is 16.0 Å². The van der Waals surface area contributed by atoms with Gasteiger partial charge in [-0.3, -0.25) is 23.6 Å². The zero-order valence-electron chi connectivity index (χ0n) is 25.9. The Morgan fingerprint density at radius 3 is 2.55 bits per heavy atom. The maximum absolute atomic E-state index is 14.6. The van der Waals surface area contributed by atoms with Crippen LogP contribution in [-0.2, 0) is 11.8 Å². The highest BCUT2D eigenvalue weighted by molar-refractivity contribution is 6.04. The molecule has 1 fully saturated rings. The standard InChI is InChI=1S/C33H32N10O4/c1-18(37-31(45)26-28(34)39-42-14-8-13-35-30(26)42)29-38-24-12-7-11-22(25(24)33(47)43(29)21-9-5-4-6-10-21)23-15-36-40(3)27(23)20-16-41(17-20)32(46)19(2)44/h4-15,18-20,44H,16-17H2,1-3H3,(H2,34,39)(H,37,45). The molecule has 0 radical (unpaired) electrons. The van der Waals surface area contributed by atoms with E-state index in [0.29, 0.717) is 46.7 Å². The van der Waals surface area contributed by atoms with Gasteiger partial charge in [-0.15, -0.1) is 5.10 Å². The van der Waals surface area contributed by atoms with Crippen molar-refractivity contribution in [3.05, 3.63) is 101 Å². The second kappa shape index (κ2) is 11.5. The number of nitrogens with zero attached hydrogens (tertiary/aromatic N) is 8. The monoisotopic (exact) mass is 632 g/mol. The molecule has 47 heavy (non-hydrogen) atoms. The van der Waals surface area contributed by atoms with Crippen molar-refractivity contribution in [3.8, 4) is 16.8 Å². The number of carbonyl (C=O) groups excluding carboxylic acids is 2. The van der Waals surface area contributed by atoms with Gasteiger partial charge >= 0.3 is 0 Å². The molecular formula is C33H32N10O4. The third kappa shape index (κ3) is 4.98. The minimum absolute atomic E-state index is 0.0297. The molecule has 1 aliphatic rings. The fourth-order valence-corrected chi connectivity index (χ4v) is 6.28. The molecule has 4 aromatic heterocycles. The van der Waals surface area contributed by atoms with Gasteiger partial charge in [0.2, 0.25) is 0 Å². The lowest BCUT2D eigenvalue weighted by atomic mass is 9.89. The number of para-hydroxylation sites is 1. The average Bonchev–Trinajstić information content (AvgIpc) is 3.58. The summed E-state index contributed by atoms with van der Waals surface area (Å²) in [6.45, 7) is 4.07. The first kappa shape index (κ1) is 29.8. The number of hydrogen-bond acceptors (Lipinski definition) is 9. The molecule has 1 saturated heterocycles. The van der Waals surface area contributed by atoms with Gasteiger partial charge in [-0.2, -0.15) is 5.10 Å². The van der Waals surface area contributed by atoms with Crippen LogP contribution in [0.3, 0.4) is 0 Å². The van der Waals surface area contributed by atoms with Gasteiger partial charge in [0, 0.05) is 49.6 Å². The number of carbonyl (C=O) groups is 2. The number of fused-ring (bicyclic) bond motifs is 2. The number of amides is 2. The van der Waals surface area contributed by atoms with Gasteiger partial charge in [0.25, 0.3) is 17.4 Å². The first-order valence-corrected chi connectivity index (χ1v) is 15.1. The van der Waals surface area contributed by atoms with Crippen molar-refractivity contribution in [1.82, 2.24) is 44.1 Å². The first-order chi connectivity index (χ1) is 22.6. The van der Waals surface area contributed by atoms with Crippen molar-refractivity contribution in [1.29, 1.82) is 0 Å². The number of aryl methyl sites for hydroxylation is 1. The van der Waals surface area contributed by atoms with E-state index in [1.807, 2.05) is 37.4 Å². The summed E-state index contributed by atoms with van der Waals surface area (Å²) in [5.74, 6) is -0.507. The van der Waals surface area contributed by atoms with Crippen molar-refractivity contribution in [3.63, 3.8) is 0 Å². The predicted molar refractivity (Wildman–Crippen MR) is 174 cm³/mol. The van der Waals surface area contributed by atoms with Crippen molar-refractivity contribution in [2.45, 2.75) is 31.9 Å². The number of likely N-dealkylation sites (tertiary alicyclic amines) is 1. The van der Waals surface area contributed by atoms with E-state index in [4.69, 9.17) is 10.7 Å². The molecule has 0 saturated carbocycles. The summed E-state index contributed by atoms with van der Waals surface area (Å²) < 4.78 is 4.71. The van der Waals surface area contributed by atoms with Crippen LogP contribution in [0.15, 0.2) is 78.0 Å². The fourth-order valence-electron chi connectivity index (χ4n) is 6.28. The maximum atomic E-state index is 14.6. The highest BCUT2D eigenvalue weighted by Gasteiger charge is 2.37. The lowest BCUT2D eigenvalue weighted by Gasteiger charge is -2.40. The van der Waals surface area contributed by atoms with Gasteiger partial charge < -0.3 is 21.1 Å². The number of benzene rings is 2. The van der Waals surface area contributed by atoms with Crippen molar-refractivity contribution in [2.24, 2.45) is 7.05 Å². The second-order valence-corrected chi connectivity index (χ2v) is 11.7. The summed E-state index contributed by atoms with van der Waals surface area (Å²) in [5.41, 5.74) is 9.53. The lowest BCUT2D eigenvalue weighted by molar-refractivity contribution is -0.143. The van der Waals surface area contributed by atoms with Gasteiger partial charge in [-0.25, -0.2) is 14.5 Å². The topological polar surface area (TPSA) is 179 Å². The number of aromatic nitrogens is 7.